The lowest BCUT2D eigenvalue weighted by molar-refractivity contribution is -0.121. The van der Waals surface area contributed by atoms with Crippen LogP contribution < -0.4 is 22.1 Å². The maximum atomic E-state index is 14.7. The summed E-state index contributed by atoms with van der Waals surface area (Å²) in [6.45, 7) is 8.61. The lowest BCUT2D eigenvalue weighted by Gasteiger charge is -2.15. The van der Waals surface area contributed by atoms with Crippen molar-refractivity contribution in [2.45, 2.75) is 78.7 Å². The number of rotatable bonds is 14. The fourth-order valence-corrected chi connectivity index (χ4v) is 5.01. The van der Waals surface area contributed by atoms with Crippen LogP contribution in [-0.2, 0) is 16.0 Å². The summed E-state index contributed by atoms with van der Waals surface area (Å²) in [5.74, 6) is -0.838. The number of amides is 2. The standard InChI is InChI=1S/C20H30FN5O.C16H17NO/c1-4-5-8-15-11-16(10-14(15)3)26-20-17(21)19(24-12-25-20)23-9-6-7-13(2)18(22)27;1-12-2-7-14(8-3-12)15-9-4-13(5-10-15)6-11-16(17)18/h5,8,12-13,16H,4,6-7,9-11H2,1-3H3,(H2,22,27)(H2,23,24,25,26);2-5,7-10H,6,11H2,1H3,(H2,17,18)/b8-5-;. The van der Waals surface area contributed by atoms with Gasteiger partial charge in [-0.15, -0.1) is 0 Å². The number of carbonyl (C=O) groups is 2. The van der Waals surface area contributed by atoms with Crippen LogP contribution in [0.15, 0.2) is 78.2 Å². The number of aryl methyl sites for hydroxylation is 2. The monoisotopic (exact) mass is 614 g/mol. The normalized spacial score (nSPS) is 15.0. The van der Waals surface area contributed by atoms with Gasteiger partial charge < -0.3 is 22.1 Å². The molecule has 2 atom stereocenters. The van der Waals surface area contributed by atoms with Crippen molar-refractivity contribution in [3.63, 3.8) is 0 Å². The topological polar surface area (TPSA) is 136 Å². The smallest absolute Gasteiger partial charge is 0.220 e. The van der Waals surface area contributed by atoms with Gasteiger partial charge in [0.05, 0.1) is 0 Å². The molecule has 9 heteroatoms. The molecular weight excluding hydrogens is 567 g/mol. The van der Waals surface area contributed by atoms with Gasteiger partial charge in [0.2, 0.25) is 17.6 Å². The Morgan fingerprint density at radius 1 is 1.00 bits per heavy atom. The van der Waals surface area contributed by atoms with Crippen molar-refractivity contribution >= 4 is 23.5 Å². The van der Waals surface area contributed by atoms with Crippen LogP contribution in [0.3, 0.4) is 0 Å². The highest BCUT2D eigenvalue weighted by atomic mass is 19.1. The summed E-state index contributed by atoms with van der Waals surface area (Å²) in [6.07, 6.45) is 10.9. The molecule has 6 N–H and O–H groups in total. The van der Waals surface area contributed by atoms with Crippen LogP contribution in [0.2, 0.25) is 0 Å². The Morgan fingerprint density at radius 3 is 2.27 bits per heavy atom. The van der Waals surface area contributed by atoms with Gasteiger partial charge in [0, 0.05) is 24.9 Å². The summed E-state index contributed by atoms with van der Waals surface area (Å²) in [4.78, 5) is 29.8. The molecule has 2 aromatic carbocycles. The molecule has 3 aromatic rings. The first kappa shape index (κ1) is 35.0. The average molecular weight is 615 g/mol. The van der Waals surface area contributed by atoms with Crippen molar-refractivity contribution in [1.29, 1.82) is 0 Å². The zero-order chi connectivity index (χ0) is 32.8. The molecule has 45 heavy (non-hydrogen) atoms. The molecule has 240 valence electrons. The van der Waals surface area contributed by atoms with E-state index in [1.165, 1.54) is 34.2 Å². The third-order valence-corrected chi connectivity index (χ3v) is 7.84. The predicted molar refractivity (Wildman–Crippen MR) is 181 cm³/mol. The van der Waals surface area contributed by atoms with Crippen molar-refractivity contribution in [3.05, 3.63) is 95.1 Å². The van der Waals surface area contributed by atoms with Crippen LogP contribution in [0.25, 0.3) is 11.1 Å². The van der Waals surface area contributed by atoms with E-state index in [2.05, 4.69) is 102 Å². The zero-order valence-corrected chi connectivity index (χ0v) is 26.9. The second kappa shape index (κ2) is 17.7. The van der Waals surface area contributed by atoms with Crippen molar-refractivity contribution in [3.8, 4) is 11.1 Å². The minimum atomic E-state index is -0.476. The van der Waals surface area contributed by atoms with E-state index in [0.29, 0.717) is 32.2 Å². The number of hydrogen-bond donors (Lipinski definition) is 4. The van der Waals surface area contributed by atoms with Crippen molar-refractivity contribution in [2.75, 3.05) is 17.2 Å². The lowest BCUT2D eigenvalue weighted by atomic mass is 10.0. The van der Waals surface area contributed by atoms with Gasteiger partial charge in [-0.2, -0.15) is 4.39 Å². The quantitative estimate of drug-likeness (QED) is 0.146. The van der Waals surface area contributed by atoms with Crippen molar-refractivity contribution in [2.24, 2.45) is 17.4 Å². The summed E-state index contributed by atoms with van der Waals surface area (Å²) in [7, 11) is 0. The third-order valence-electron chi connectivity index (χ3n) is 7.84. The Labute approximate surface area is 266 Å². The molecule has 0 saturated carbocycles. The molecule has 1 heterocycles. The fraction of sp³-hybridized carbons (Fsp3) is 0.389. The van der Waals surface area contributed by atoms with Crippen LogP contribution in [0.1, 0.15) is 70.4 Å². The summed E-state index contributed by atoms with van der Waals surface area (Å²) >= 11 is 0. The summed E-state index contributed by atoms with van der Waals surface area (Å²) in [5.41, 5.74) is 17.8. The molecule has 8 nitrogen and oxygen atoms in total. The SMILES string of the molecule is CC/C=C\C1=C(C)CC(Nc2ncnc(NCCCC(C)C(N)=O)c2F)C1.Cc1ccc(-c2ccc(CCC(N)=O)cc2)cc1. The number of hydrogen-bond acceptors (Lipinski definition) is 6. The average Bonchev–Trinajstić information content (AvgIpc) is 3.37. The number of allylic oxidation sites excluding steroid dienone is 2. The van der Waals surface area contributed by atoms with E-state index in [1.54, 1.807) is 6.92 Å². The number of carbonyl (C=O) groups excluding carboxylic acids is 2. The maximum absolute atomic E-state index is 14.7. The fourth-order valence-electron chi connectivity index (χ4n) is 5.01. The molecule has 1 aliphatic carbocycles. The highest BCUT2D eigenvalue weighted by molar-refractivity contribution is 5.76. The number of halogens is 1. The van der Waals surface area contributed by atoms with E-state index < -0.39 is 5.82 Å². The Balaban J connectivity index is 0.000000265. The van der Waals surface area contributed by atoms with Gasteiger partial charge in [0.15, 0.2) is 11.6 Å². The second-order valence-corrected chi connectivity index (χ2v) is 11.7. The number of primary amides is 2. The largest absolute Gasteiger partial charge is 0.370 e. The molecule has 4 rings (SSSR count). The predicted octanol–water partition coefficient (Wildman–Crippen LogP) is 6.87. The van der Waals surface area contributed by atoms with Crippen molar-refractivity contribution in [1.82, 2.24) is 9.97 Å². The van der Waals surface area contributed by atoms with Gasteiger partial charge in [-0.1, -0.05) is 85.7 Å². The van der Waals surface area contributed by atoms with Gasteiger partial charge >= 0.3 is 0 Å². The number of anilines is 2. The summed E-state index contributed by atoms with van der Waals surface area (Å²) in [5, 5.41) is 6.19. The highest BCUT2D eigenvalue weighted by Gasteiger charge is 2.22. The minimum Gasteiger partial charge on any atom is -0.370 e. The molecule has 0 saturated heterocycles. The van der Waals surface area contributed by atoms with Gasteiger partial charge in [0.25, 0.3) is 0 Å². The molecule has 2 amide bonds. The number of aromatic nitrogens is 2. The van der Waals surface area contributed by atoms with Gasteiger partial charge in [-0.25, -0.2) is 9.97 Å². The Hall–Kier alpha value is -4.53. The molecule has 0 fully saturated rings. The van der Waals surface area contributed by atoms with E-state index in [1.807, 2.05) is 0 Å². The first-order chi connectivity index (χ1) is 21.6. The van der Waals surface area contributed by atoms with Crippen LogP contribution in [0.4, 0.5) is 16.0 Å². The number of benzene rings is 2. The third kappa shape index (κ3) is 11.5. The molecule has 0 radical (unpaired) electrons. The van der Waals surface area contributed by atoms with Crippen LogP contribution in [0, 0.1) is 18.7 Å². The minimum absolute atomic E-state index is 0.134. The highest BCUT2D eigenvalue weighted by Crippen LogP contribution is 2.30. The first-order valence-corrected chi connectivity index (χ1v) is 15.7. The van der Waals surface area contributed by atoms with Gasteiger partial charge in [-0.3, -0.25) is 9.59 Å². The summed E-state index contributed by atoms with van der Waals surface area (Å²) < 4.78 is 14.7. The molecule has 1 aliphatic rings. The zero-order valence-electron chi connectivity index (χ0n) is 26.9. The maximum Gasteiger partial charge on any atom is 0.220 e. The Kier molecular flexibility index (Phi) is 13.7. The van der Waals surface area contributed by atoms with Crippen LogP contribution in [0.5, 0.6) is 0 Å². The van der Waals surface area contributed by atoms with E-state index >= 15 is 0 Å². The Bertz CT molecular complexity index is 1470. The molecule has 0 spiro atoms. The number of nitrogens with zero attached hydrogens (tertiary/aromatic N) is 2. The second-order valence-electron chi connectivity index (χ2n) is 11.7. The van der Waals surface area contributed by atoms with Gasteiger partial charge in [-0.05, 0) is 74.6 Å². The van der Waals surface area contributed by atoms with Gasteiger partial charge in [0.1, 0.15) is 6.33 Å². The number of nitrogens with one attached hydrogen (secondary N) is 2. The number of nitrogens with two attached hydrogens (primary N) is 2. The molecule has 1 aromatic heterocycles. The van der Waals surface area contributed by atoms with E-state index in [-0.39, 0.29) is 35.4 Å². The van der Waals surface area contributed by atoms with E-state index in [0.717, 1.165) is 24.8 Å². The van der Waals surface area contributed by atoms with Crippen molar-refractivity contribution < 1.29 is 14.0 Å². The lowest BCUT2D eigenvalue weighted by Crippen LogP contribution is -2.21. The van der Waals surface area contributed by atoms with Crippen LogP contribution in [-0.4, -0.2) is 34.4 Å². The van der Waals surface area contributed by atoms with E-state index in [4.69, 9.17) is 11.5 Å². The van der Waals surface area contributed by atoms with Crippen LogP contribution >= 0.6 is 0 Å². The molecule has 0 bridgehead atoms. The summed E-state index contributed by atoms with van der Waals surface area (Å²) in [6, 6.07) is 16.9. The van der Waals surface area contributed by atoms with E-state index in [9.17, 15) is 14.0 Å². The Morgan fingerprint density at radius 2 is 1.64 bits per heavy atom. The molecule has 2 unspecified atom stereocenters. The molecular formula is C36H47FN6O2. The first-order valence-electron chi connectivity index (χ1n) is 15.7. The molecule has 0 aliphatic heterocycles.